The number of anilines is 2. The van der Waals surface area contributed by atoms with E-state index in [-0.39, 0.29) is 16.3 Å². The van der Waals surface area contributed by atoms with Gasteiger partial charge in [0.1, 0.15) is 10.7 Å². The normalized spacial score (nSPS) is 18.4. The number of sulfonamides is 1. The van der Waals surface area contributed by atoms with Gasteiger partial charge in [0.25, 0.3) is 5.91 Å². The summed E-state index contributed by atoms with van der Waals surface area (Å²) in [5.74, 6) is -3.82. The largest absolute Gasteiger partial charge is 0.360 e. The molecular weight excluding hydrogens is 347 g/mol. The summed E-state index contributed by atoms with van der Waals surface area (Å²) < 4.78 is 65.5. The van der Waals surface area contributed by atoms with Crippen LogP contribution in [-0.2, 0) is 14.8 Å². The van der Waals surface area contributed by atoms with E-state index < -0.39 is 39.5 Å². The number of benzene rings is 2. The van der Waals surface area contributed by atoms with Crippen molar-refractivity contribution in [1.82, 2.24) is 4.72 Å². The Morgan fingerprint density at radius 2 is 1.79 bits per heavy atom. The molecule has 126 valence electrons. The van der Waals surface area contributed by atoms with E-state index in [0.717, 1.165) is 36.4 Å². The van der Waals surface area contributed by atoms with Crippen LogP contribution in [-0.4, -0.2) is 20.5 Å². The van der Waals surface area contributed by atoms with Crippen molar-refractivity contribution in [2.24, 2.45) is 0 Å². The summed E-state index contributed by atoms with van der Waals surface area (Å²) in [5, 5.41) is 4.76. The minimum absolute atomic E-state index is 0.0649. The van der Waals surface area contributed by atoms with Gasteiger partial charge in [-0.05, 0) is 30.3 Å². The topological polar surface area (TPSA) is 87.3 Å². The van der Waals surface area contributed by atoms with Crippen molar-refractivity contribution >= 4 is 27.3 Å². The van der Waals surface area contributed by atoms with E-state index in [1.54, 1.807) is 0 Å². The number of fused-ring (bicyclic) bond motifs is 1. The van der Waals surface area contributed by atoms with Gasteiger partial charge in [-0.3, -0.25) is 4.79 Å². The molecule has 10 heteroatoms. The molecular formula is C14H10F3N3O3S. The van der Waals surface area contributed by atoms with Gasteiger partial charge in [-0.25, -0.2) is 21.6 Å². The molecule has 0 unspecified atom stereocenters. The molecule has 3 rings (SSSR count). The fourth-order valence-electron chi connectivity index (χ4n) is 2.16. The van der Waals surface area contributed by atoms with Crippen LogP contribution in [0, 0.1) is 17.5 Å². The zero-order valence-corrected chi connectivity index (χ0v) is 12.6. The van der Waals surface area contributed by atoms with Gasteiger partial charge < -0.3 is 10.6 Å². The van der Waals surface area contributed by atoms with E-state index in [0.29, 0.717) is 0 Å². The number of hydrogen-bond acceptors (Lipinski definition) is 4. The maximum Gasteiger partial charge on any atom is 0.262 e. The molecule has 0 spiro atoms. The highest BCUT2D eigenvalue weighted by atomic mass is 32.2. The molecule has 1 heterocycles. The van der Waals surface area contributed by atoms with Crippen molar-refractivity contribution in [2.75, 3.05) is 10.6 Å². The van der Waals surface area contributed by atoms with E-state index >= 15 is 0 Å². The van der Waals surface area contributed by atoms with Crippen LogP contribution in [0.15, 0.2) is 41.3 Å². The minimum atomic E-state index is -4.03. The molecule has 0 bridgehead atoms. The second-order valence-electron chi connectivity index (χ2n) is 4.96. The highest BCUT2D eigenvalue weighted by molar-refractivity contribution is 7.89. The van der Waals surface area contributed by atoms with Gasteiger partial charge in [0, 0.05) is 11.8 Å². The molecule has 24 heavy (non-hydrogen) atoms. The lowest BCUT2D eigenvalue weighted by Crippen LogP contribution is -2.51. The predicted molar refractivity (Wildman–Crippen MR) is 79.1 cm³/mol. The third-order valence-corrected chi connectivity index (χ3v) is 4.73. The van der Waals surface area contributed by atoms with Crippen LogP contribution < -0.4 is 15.4 Å². The molecule has 6 nitrogen and oxygen atoms in total. The third kappa shape index (κ3) is 3.05. The van der Waals surface area contributed by atoms with Gasteiger partial charge in [0.2, 0.25) is 10.0 Å². The fourth-order valence-corrected chi connectivity index (χ4v) is 3.42. The molecule has 0 radical (unpaired) electrons. The number of halogens is 3. The number of rotatable bonds is 2. The Balaban J connectivity index is 1.85. The maximum absolute atomic E-state index is 13.3. The van der Waals surface area contributed by atoms with E-state index in [1.165, 1.54) is 0 Å². The van der Waals surface area contributed by atoms with Crippen LogP contribution in [0.3, 0.4) is 0 Å². The number of carbonyl (C=O) groups is 1. The first-order valence-corrected chi connectivity index (χ1v) is 8.09. The van der Waals surface area contributed by atoms with Gasteiger partial charge in [-0.1, -0.05) is 0 Å². The number of hydrogen-bond donors (Lipinski definition) is 3. The summed E-state index contributed by atoms with van der Waals surface area (Å²) in [5.41, 5.74) is -0.149. The Bertz CT molecular complexity index is 934. The van der Waals surface area contributed by atoms with Crippen molar-refractivity contribution in [3.8, 4) is 0 Å². The first-order chi connectivity index (χ1) is 11.3. The van der Waals surface area contributed by atoms with Crippen LogP contribution in [0.1, 0.15) is 0 Å². The molecule has 1 aliphatic rings. The second kappa shape index (κ2) is 5.80. The molecule has 2 aromatic rings. The summed E-state index contributed by atoms with van der Waals surface area (Å²) in [6.07, 6.45) is -1.45. The molecule has 3 N–H and O–H groups in total. The SMILES string of the molecule is O=C(Nc1ccc(F)c(F)c1)[C@H]1Nc2cc(F)ccc2S(=O)(=O)N1. The first kappa shape index (κ1) is 16.3. The van der Waals surface area contributed by atoms with Gasteiger partial charge in [-0.2, -0.15) is 4.72 Å². The third-order valence-electron chi connectivity index (χ3n) is 3.25. The lowest BCUT2D eigenvalue weighted by molar-refractivity contribution is -0.117. The van der Waals surface area contributed by atoms with E-state index in [2.05, 4.69) is 15.4 Å². The molecule has 0 saturated heterocycles. The Hall–Kier alpha value is -2.59. The minimum Gasteiger partial charge on any atom is -0.360 e. The monoisotopic (exact) mass is 357 g/mol. The molecule has 1 amide bonds. The lowest BCUT2D eigenvalue weighted by atomic mass is 10.2. The quantitative estimate of drug-likeness (QED) is 0.765. The smallest absolute Gasteiger partial charge is 0.262 e. The maximum atomic E-state index is 13.3. The van der Waals surface area contributed by atoms with E-state index in [9.17, 15) is 26.4 Å². The van der Waals surface area contributed by atoms with Gasteiger partial charge in [0.05, 0.1) is 5.69 Å². The van der Waals surface area contributed by atoms with Crippen LogP contribution >= 0.6 is 0 Å². The highest BCUT2D eigenvalue weighted by Gasteiger charge is 2.33. The Morgan fingerprint density at radius 1 is 1.04 bits per heavy atom. The van der Waals surface area contributed by atoms with Crippen molar-refractivity contribution in [3.63, 3.8) is 0 Å². The van der Waals surface area contributed by atoms with Crippen LogP contribution in [0.25, 0.3) is 0 Å². The van der Waals surface area contributed by atoms with Crippen LogP contribution in [0.2, 0.25) is 0 Å². The summed E-state index contributed by atoms with van der Waals surface area (Å²) in [7, 11) is -4.03. The van der Waals surface area contributed by atoms with Crippen LogP contribution in [0.4, 0.5) is 24.5 Å². The summed E-state index contributed by atoms with van der Waals surface area (Å²) in [6, 6.07) is 5.64. The number of nitrogens with one attached hydrogen (secondary N) is 3. The first-order valence-electron chi connectivity index (χ1n) is 6.60. The highest BCUT2D eigenvalue weighted by Crippen LogP contribution is 2.27. The fraction of sp³-hybridized carbons (Fsp3) is 0.0714. The molecule has 1 atom stereocenters. The van der Waals surface area contributed by atoms with E-state index in [1.807, 2.05) is 0 Å². The Kier molecular flexibility index (Phi) is 3.93. The van der Waals surface area contributed by atoms with E-state index in [4.69, 9.17) is 0 Å². The molecule has 2 aromatic carbocycles. The zero-order chi connectivity index (χ0) is 17.5. The molecule has 0 aliphatic carbocycles. The zero-order valence-electron chi connectivity index (χ0n) is 11.8. The molecule has 1 aliphatic heterocycles. The summed E-state index contributed by atoms with van der Waals surface area (Å²) >= 11 is 0. The molecule has 0 fully saturated rings. The summed E-state index contributed by atoms with van der Waals surface area (Å²) in [6.45, 7) is 0. The average Bonchev–Trinajstić information content (AvgIpc) is 2.49. The summed E-state index contributed by atoms with van der Waals surface area (Å²) in [4.78, 5) is 11.9. The van der Waals surface area contributed by atoms with Crippen molar-refractivity contribution in [1.29, 1.82) is 0 Å². The van der Waals surface area contributed by atoms with Gasteiger partial charge in [0.15, 0.2) is 17.8 Å². The second-order valence-corrected chi connectivity index (χ2v) is 6.64. The standard InChI is InChI=1S/C14H10F3N3O3S/c15-7-1-4-12-11(5-7)19-13(20-24(12,22)23)14(21)18-8-2-3-9(16)10(17)6-8/h1-6,13,19-20H,(H,18,21)/t13-/m0/s1. The Morgan fingerprint density at radius 3 is 2.50 bits per heavy atom. The Labute approximate surface area is 134 Å². The van der Waals surface area contributed by atoms with Gasteiger partial charge >= 0.3 is 0 Å². The van der Waals surface area contributed by atoms with Crippen molar-refractivity contribution < 1.29 is 26.4 Å². The van der Waals surface area contributed by atoms with Crippen molar-refractivity contribution in [2.45, 2.75) is 11.1 Å². The molecule has 0 aromatic heterocycles. The van der Waals surface area contributed by atoms with Crippen LogP contribution in [0.5, 0.6) is 0 Å². The number of amides is 1. The average molecular weight is 357 g/mol. The lowest BCUT2D eigenvalue weighted by Gasteiger charge is -2.27. The number of carbonyl (C=O) groups excluding carboxylic acids is 1. The molecule has 0 saturated carbocycles. The van der Waals surface area contributed by atoms with Gasteiger partial charge in [-0.15, -0.1) is 0 Å². The van der Waals surface area contributed by atoms with Crippen molar-refractivity contribution in [3.05, 3.63) is 53.8 Å². The predicted octanol–water partition coefficient (Wildman–Crippen LogP) is 1.77.